The Labute approximate surface area is 172 Å². The summed E-state index contributed by atoms with van der Waals surface area (Å²) in [5.74, 6) is 0.629. The SMILES string of the molecule is COc1ccccc1C(CNC(=O)C1(c2ccc(F)cc2)CC1)N1CCCCC1. The molecule has 1 N–H and O–H groups in total. The van der Waals surface area contributed by atoms with Gasteiger partial charge in [-0.15, -0.1) is 0 Å². The summed E-state index contributed by atoms with van der Waals surface area (Å²) in [5.41, 5.74) is 1.52. The van der Waals surface area contributed by atoms with Crippen molar-refractivity contribution in [2.24, 2.45) is 0 Å². The Kier molecular flexibility index (Phi) is 5.86. The molecule has 1 heterocycles. The summed E-state index contributed by atoms with van der Waals surface area (Å²) in [6.45, 7) is 2.60. The Bertz CT molecular complexity index is 842. The van der Waals surface area contributed by atoms with E-state index < -0.39 is 5.41 Å². The molecular weight excluding hydrogens is 367 g/mol. The van der Waals surface area contributed by atoms with Gasteiger partial charge in [0.2, 0.25) is 5.91 Å². The van der Waals surface area contributed by atoms with Crippen molar-refractivity contribution in [1.82, 2.24) is 10.2 Å². The summed E-state index contributed by atoms with van der Waals surface area (Å²) in [6.07, 6.45) is 5.24. The molecule has 1 unspecified atom stereocenters. The van der Waals surface area contributed by atoms with Gasteiger partial charge in [-0.1, -0.05) is 36.8 Å². The van der Waals surface area contributed by atoms with Crippen LogP contribution in [-0.4, -0.2) is 37.6 Å². The fourth-order valence-electron chi connectivity index (χ4n) is 4.51. The van der Waals surface area contributed by atoms with Gasteiger partial charge in [0.1, 0.15) is 11.6 Å². The molecule has 2 aliphatic rings. The number of hydrogen-bond acceptors (Lipinski definition) is 3. The number of halogens is 1. The molecule has 29 heavy (non-hydrogen) atoms. The average molecular weight is 397 g/mol. The third-order valence-electron chi connectivity index (χ3n) is 6.37. The third-order valence-corrected chi connectivity index (χ3v) is 6.37. The lowest BCUT2D eigenvalue weighted by Gasteiger charge is -2.36. The molecule has 0 spiro atoms. The van der Waals surface area contributed by atoms with E-state index in [9.17, 15) is 9.18 Å². The first-order valence-corrected chi connectivity index (χ1v) is 10.6. The van der Waals surface area contributed by atoms with Gasteiger partial charge in [-0.2, -0.15) is 0 Å². The number of carbonyl (C=O) groups excluding carboxylic acids is 1. The van der Waals surface area contributed by atoms with E-state index in [-0.39, 0.29) is 17.8 Å². The van der Waals surface area contributed by atoms with Crippen molar-refractivity contribution in [2.45, 2.75) is 43.6 Å². The molecule has 5 heteroatoms. The van der Waals surface area contributed by atoms with Crippen LogP contribution in [0.4, 0.5) is 4.39 Å². The highest BCUT2D eigenvalue weighted by molar-refractivity contribution is 5.91. The Hall–Kier alpha value is -2.40. The topological polar surface area (TPSA) is 41.6 Å². The lowest BCUT2D eigenvalue weighted by Crippen LogP contribution is -2.43. The number of rotatable bonds is 7. The molecule has 1 amide bonds. The molecule has 4 nitrogen and oxygen atoms in total. The van der Waals surface area contributed by atoms with Crippen molar-refractivity contribution in [3.05, 3.63) is 65.5 Å². The van der Waals surface area contributed by atoms with E-state index >= 15 is 0 Å². The number of nitrogens with zero attached hydrogens (tertiary/aromatic N) is 1. The van der Waals surface area contributed by atoms with Crippen LogP contribution in [0.25, 0.3) is 0 Å². The molecule has 2 aromatic carbocycles. The predicted octanol–water partition coefficient (Wildman–Crippen LogP) is 4.21. The summed E-state index contributed by atoms with van der Waals surface area (Å²) in [6, 6.07) is 14.5. The van der Waals surface area contributed by atoms with Crippen LogP contribution in [0.5, 0.6) is 5.75 Å². The number of nitrogens with one attached hydrogen (secondary N) is 1. The minimum absolute atomic E-state index is 0.0426. The van der Waals surface area contributed by atoms with Crippen LogP contribution in [0.2, 0.25) is 0 Å². The Morgan fingerprint density at radius 3 is 2.45 bits per heavy atom. The van der Waals surface area contributed by atoms with Crippen LogP contribution in [0.1, 0.15) is 49.3 Å². The van der Waals surface area contributed by atoms with E-state index in [1.54, 1.807) is 19.2 Å². The lowest BCUT2D eigenvalue weighted by atomic mass is 9.94. The molecule has 1 aliphatic carbocycles. The number of amides is 1. The van der Waals surface area contributed by atoms with Crippen molar-refractivity contribution in [3.8, 4) is 5.75 Å². The number of piperidine rings is 1. The second kappa shape index (κ2) is 8.54. The highest BCUT2D eigenvalue weighted by Crippen LogP contribution is 2.48. The van der Waals surface area contributed by atoms with E-state index in [0.29, 0.717) is 6.54 Å². The van der Waals surface area contributed by atoms with Gasteiger partial charge in [0.15, 0.2) is 0 Å². The minimum Gasteiger partial charge on any atom is -0.496 e. The monoisotopic (exact) mass is 396 g/mol. The molecule has 0 aromatic heterocycles. The molecule has 1 saturated carbocycles. The molecule has 0 radical (unpaired) electrons. The summed E-state index contributed by atoms with van der Waals surface area (Å²) in [5, 5.41) is 3.22. The van der Waals surface area contributed by atoms with Gasteiger partial charge in [0.25, 0.3) is 0 Å². The zero-order valence-electron chi connectivity index (χ0n) is 17.0. The standard InChI is InChI=1S/C24H29FN2O2/c1-29-22-8-4-3-7-20(22)21(27-15-5-2-6-16-27)17-26-23(28)24(13-14-24)18-9-11-19(25)12-10-18/h3-4,7-12,21H,2,5-6,13-17H2,1H3,(H,26,28). The predicted molar refractivity (Wildman–Crippen MR) is 111 cm³/mol. The maximum absolute atomic E-state index is 13.3. The number of benzene rings is 2. The molecule has 1 saturated heterocycles. The zero-order chi connectivity index (χ0) is 20.3. The van der Waals surface area contributed by atoms with Crippen molar-refractivity contribution in [3.63, 3.8) is 0 Å². The van der Waals surface area contributed by atoms with Gasteiger partial charge in [-0.05, 0) is 62.5 Å². The lowest BCUT2D eigenvalue weighted by molar-refractivity contribution is -0.123. The van der Waals surface area contributed by atoms with E-state index in [4.69, 9.17) is 4.74 Å². The normalized spacial score (nSPS) is 19.4. The molecule has 1 atom stereocenters. The van der Waals surface area contributed by atoms with Gasteiger partial charge >= 0.3 is 0 Å². The molecule has 4 rings (SSSR count). The largest absolute Gasteiger partial charge is 0.496 e. The molecule has 2 fully saturated rings. The number of hydrogen-bond donors (Lipinski definition) is 1. The second-order valence-corrected chi connectivity index (χ2v) is 8.15. The highest BCUT2D eigenvalue weighted by atomic mass is 19.1. The van der Waals surface area contributed by atoms with Crippen LogP contribution < -0.4 is 10.1 Å². The van der Waals surface area contributed by atoms with Gasteiger partial charge in [-0.3, -0.25) is 9.69 Å². The number of likely N-dealkylation sites (tertiary alicyclic amines) is 1. The van der Waals surface area contributed by atoms with Crippen LogP contribution in [0, 0.1) is 5.82 Å². The summed E-state index contributed by atoms with van der Waals surface area (Å²) >= 11 is 0. The maximum atomic E-state index is 13.3. The van der Waals surface area contributed by atoms with E-state index in [2.05, 4.69) is 16.3 Å². The minimum atomic E-state index is -0.499. The van der Waals surface area contributed by atoms with Crippen LogP contribution in [-0.2, 0) is 10.2 Å². The fourth-order valence-corrected chi connectivity index (χ4v) is 4.51. The second-order valence-electron chi connectivity index (χ2n) is 8.15. The quantitative estimate of drug-likeness (QED) is 0.762. The summed E-state index contributed by atoms with van der Waals surface area (Å²) in [7, 11) is 1.69. The fraction of sp³-hybridized carbons (Fsp3) is 0.458. The average Bonchev–Trinajstić information content (AvgIpc) is 3.57. The van der Waals surface area contributed by atoms with Crippen molar-refractivity contribution < 1.29 is 13.9 Å². The number of carbonyl (C=O) groups is 1. The zero-order valence-corrected chi connectivity index (χ0v) is 17.0. The Morgan fingerprint density at radius 2 is 1.79 bits per heavy atom. The number of para-hydroxylation sites is 1. The first-order chi connectivity index (χ1) is 14.1. The molecule has 0 bridgehead atoms. The van der Waals surface area contributed by atoms with Crippen molar-refractivity contribution in [2.75, 3.05) is 26.7 Å². The third kappa shape index (κ3) is 4.15. The first kappa shape index (κ1) is 19.9. The van der Waals surface area contributed by atoms with Crippen LogP contribution in [0.15, 0.2) is 48.5 Å². The summed E-state index contributed by atoms with van der Waals surface area (Å²) < 4.78 is 18.9. The van der Waals surface area contributed by atoms with Gasteiger partial charge < -0.3 is 10.1 Å². The van der Waals surface area contributed by atoms with Gasteiger partial charge in [0, 0.05) is 12.1 Å². The highest BCUT2D eigenvalue weighted by Gasteiger charge is 2.51. The number of methoxy groups -OCH3 is 1. The summed E-state index contributed by atoms with van der Waals surface area (Å²) in [4.78, 5) is 15.6. The first-order valence-electron chi connectivity index (χ1n) is 10.6. The Balaban J connectivity index is 1.52. The van der Waals surface area contributed by atoms with E-state index in [0.717, 1.165) is 42.8 Å². The van der Waals surface area contributed by atoms with E-state index in [1.807, 2.05) is 18.2 Å². The van der Waals surface area contributed by atoms with Crippen molar-refractivity contribution >= 4 is 5.91 Å². The Morgan fingerprint density at radius 1 is 1.10 bits per heavy atom. The number of ether oxygens (including phenoxy) is 1. The smallest absolute Gasteiger partial charge is 0.230 e. The molecule has 154 valence electrons. The molecule has 1 aliphatic heterocycles. The van der Waals surface area contributed by atoms with Crippen LogP contribution in [0.3, 0.4) is 0 Å². The van der Waals surface area contributed by atoms with Crippen molar-refractivity contribution in [1.29, 1.82) is 0 Å². The van der Waals surface area contributed by atoms with Gasteiger partial charge in [0.05, 0.1) is 18.6 Å². The maximum Gasteiger partial charge on any atom is 0.230 e. The van der Waals surface area contributed by atoms with E-state index in [1.165, 1.54) is 31.4 Å². The van der Waals surface area contributed by atoms with Crippen LogP contribution >= 0.6 is 0 Å². The molecule has 2 aromatic rings. The van der Waals surface area contributed by atoms with Gasteiger partial charge in [-0.25, -0.2) is 4.39 Å². The molecular formula is C24H29FN2O2.